The van der Waals surface area contributed by atoms with Crippen molar-refractivity contribution in [1.82, 2.24) is 19.8 Å². The Morgan fingerprint density at radius 1 is 1.10 bits per heavy atom. The lowest BCUT2D eigenvalue weighted by Crippen LogP contribution is -2.39. The Kier molecular flexibility index (Phi) is 5.49. The van der Waals surface area contributed by atoms with E-state index in [2.05, 4.69) is 10.4 Å². The van der Waals surface area contributed by atoms with E-state index in [9.17, 15) is 23.9 Å². The third-order valence-electron chi connectivity index (χ3n) is 4.23. The van der Waals surface area contributed by atoms with Crippen molar-refractivity contribution in [3.63, 3.8) is 0 Å². The molecule has 0 unspecified atom stereocenters. The average Bonchev–Trinajstić information content (AvgIpc) is 3.12. The highest BCUT2D eigenvalue weighted by Crippen LogP contribution is 2.25. The molecule has 0 aliphatic carbocycles. The van der Waals surface area contributed by atoms with Gasteiger partial charge in [-0.1, -0.05) is 6.07 Å². The van der Waals surface area contributed by atoms with Gasteiger partial charge in [0, 0.05) is 12.7 Å². The largest absolute Gasteiger partial charge is 0.496 e. The highest BCUT2D eigenvalue weighted by atomic mass is 19.1. The summed E-state index contributed by atoms with van der Waals surface area (Å²) >= 11 is 0. The molecule has 0 spiro atoms. The summed E-state index contributed by atoms with van der Waals surface area (Å²) in [5.41, 5.74) is -1.36. The fraction of sp³-hybridized carbons (Fsp3) is 0.167. The molecule has 1 heterocycles. The quantitative estimate of drug-likeness (QED) is 0.617. The molecule has 0 radical (unpaired) electrons. The number of hydrogen-bond acceptors (Lipinski definition) is 7. The molecule has 0 saturated heterocycles. The number of aromatic nitrogens is 4. The number of carbonyl (C=O) groups excluding carboxylic acids is 1. The number of hydrogen-bond donors (Lipinski definition) is 1. The van der Waals surface area contributed by atoms with Crippen LogP contribution in [0.4, 0.5) is 14.9 Å². The van der Waals surface area contributed by atoms with Crippen molar-refractivity contribution in [2.45, 2.75) is 0 Å². The molecule has 0 fully saturated rings. The molecule has 0 bridgehead atoms. The smallest absolute Gasteiger partial charge is 0.377 e. The number of amides is 1. The number of tetrazole rings is 1. The van der Waals surface area contributed by atoms with E-state index in [-0.39, 0.29) is 28.4 Å². The Balaban J connectivity index is 2.01. The number of carbonyl (C=O) groups is 2. The maximum atomic E-state index is 14.2. The fourth-order valence-corrected chi connectivity index (χ4v) is 2.70. The number of carboxylic acid groups (broad SMARTS) is 1. The normalized spacial score (nSPS) is 10.5. The van der Waals surface area contributed by atoms with Gasteiger partial charge in [0.05, 0.1) is 14.2 Å². The van der Waals surface area contributed by atoms with Crippen molar-refractivity contribution in [3.05, 3.63) is 58.3 Å². The van der Waals surface area contributed by atoms with Gasteiger partial charge in [-0.15, -0.1) is 4.68 Å². The Bertz CT molecular complexity index is 1190. The second-order valence-corrected chi connectivity index (χ2v) is 5.91. The zero-order chi connectivity index (χ0) is 22.0. The molecule has 1 amide bonds. The van der Waals surface area contributed by atoms with Crippen molar-refractivity contribution in [2.75, 3.05) is 26.2 Å². The molecule has 1 N–H and O–H groups in total. The summed E-state index contributed by atoms with van der Waals surface area (Å²) in [4.78, 5) is 37.8. The maximum Gasteiger partial charge on any atom is 0.377 e. The summed E-state index contributed by atoms with van der Waals surface area (Å²) in [5, 5.41) is 16.4. The number of aromatic carboxylic acids is 1. The first-order chi connectivity index (χ1) is 14.3. The Labute approximate surface area is 168 Å². The van der Waals surface area contributed by atoms with Crippen LogP contribution < -0.4 is 20.1 Å². The molecule has 3 aromatic rings. The minimum Gasteiger partial charge on any atom is -0.496 e. The van der Waals surface area contributed by atoms with Gasteiger partial charge in [0.15, 0.2) is 5.82 Å². The Hall–Kier alpha value is -4.22. The van der Waals surface area contributed by atoms with E-state index in [1.807, 2.05) is 0 Å². The van der Waals surface area contributed by atoms with E-state index < -0.39 is 23.5 Å². The van der Waals surface area contributed by atoms with Gasteiger partial charge in [-0.3, -0.25) is 4.90 Å². The SMILES string of the molecule is COc1ccc(N(C)C(=O)n2nnn(-c3c(F)cccc3OC)c2=O)cc1C(=O)O. The molecule has 2 aromatic carbocycles. The predicted molar refractivity (Wildman–Crippen MR) is 101 cm³/mol. The minimum absolute atomic E-state index is 0.0196. The van der Waals surface area contributed by atoms with Crippen molar-refractivity contribution < 1.29 is 28.6 Å². The van der Waals surface area contributed by atoms with Crippen LogP contribution in [0.15, 0.2) is 41.2 Å². The second kappa shape index (κ2) is 8.03. The van der Waals surface area contributed by atoms with Crippen LogP contribution >= 0.6 is 0 Å². The summed E-state index contributed by atoms with van der Waals surface area (Å²) in [6, 6.07) is 6.96. The van der Waals surface area contributed by atoms with Crippen molar-refractivity contribution in [1.29, 1.82) is 0 Å². The molecule has 0 atom stereocenters. The number of halogens is 1. The van der Waals surface area contributed by atoms with Crippen LogP contribution in [0.5, 0.6) is 11.5 Å². The molecule has 0 aliphatic heterocycles. The van der Waals surface area contributed by atoms with Gasteiger partial charge in [0.25, 0.3) is 0 Å². The van der Waals surface area contributed by atoms with Gasteiger partial charge in [-0.2, -0.15) is 4.68 Å². The van der Waals surface area contributed by atoms with Crippen molar-refractivity contribution >= 4 is 17.7 Å². The van der Waals surface area contributed by atoms with Crippen LogP contribution in [0.2, 0.25) is 0 Å². The van der Waals surface area contributed by atoms with Gasteiger partial charge in [-0.05, 0) is 40.8 Å². The number of methoxy groups -OCH3 is 2. The number of benzene rings is 2. The summed E-state index contributed by atoms with van der Waals surface area (Å²) in [5.74, 6) is -1.94. The summed E-state index contributed by atoms with van der Waals surface area (Å²) in [6.07, 6.45) is 0. The van der Waals surface area contributed by atoms with Crippen LogP contribution in [-0.2, 0) is 0 Å². The van der Waals surface area contributed by atoms with Gasteiger partial charge in [-0.25, -0.2) is 18.8 Å². The van der Waals surface area contributed by atoms with E-state index in [0.717, 1.165) is 11.0 Å². The number of carboxylic acids is 1. The lowest BCUT2D eigenvalue weighted by Gasteiger charge is -2.17. The highest BCUT2D eigenvalue weighted by molar-refractivity contribution is 5.96. The monoisotopic (exact) mass is 417 g/mol. The summed E-state index contributed by atoms with van der Waals surface area (Å²) in [7, 11) is 3.91. The first kappa shape index (κ1) is 20.5. The molecular weight excluding hydrogens is 401 g/mol. The fourth-order valence-electron chi connectivity index (χ4n) is 2.70. The Morgan fingerprint density at radius 2 is 1.80 bits per heavy atom. The van der Waals surface area contributed by atoms with Crippen LogP contribution in [0.25, 0.3) is 5.69 Å². The number of rotatable bonds is 5. The molecule has 11 nitrogen and oxygen atoms in total. The van der Waals surface area contributed by atoms with E-state index >= 15 is 0 Å². The number of anilines is 1. The zero-order valence-electron chi connectivity index (χ0n) is 16.1. The number of para-hydroxylation sites is 1. The van der Waals surface area contributed by atoms with E-state index in [0.29, 0.717) is 9.36 Å². The molecule has 0 aliphatic rings. The predicted octanol–water partition coefficient (Wildman–Crippen LogP) is 1.39. The van der Waals surface area contributed by atoms with Crippen LogP contribution in [0, 0.1) is 5.82 Å². The van der Waals surface area contributed by atoms with E-state index in [4.69, 9.17) is 9.47 Å². The lowest BCUT2D eigenvalue weighted by atomic mass is 10.1. The minimum atomic E-state index is -1.26. The first-order valence-electron chi connectivity index (χ1n) is 8.37. The molecule has 3 rings (SSSR count). The zero-order valence-corrected chi connectivity index (χ0v) is 16.1. The second-order valence-electron chi connectivity index (χ2n) is 5.91. The standard InChI is InChI=1S/C18H16FN5O6/c1-22(10-7-8-13(29-2)11(9-10)16(25)26)17(27)24-18(28)23(20-21-24)15-12(19)5-4-6-14(15)30-3/h4-9H,1-3H3,(H,25,26). The van der Waals surface area contributed by atoms with Gasteiger partial charge in [0.2, 0.25) is 0 Å². The molecule has 1 aromatic heterocycles. The number of ether oxygens (including phenoxy) is 2. The number of nitrogens with zero attached hydrogens (tertiary/aromatic N) is 5. The van der Waals surface area contributed by atoms with E-state index in [1.165, 1.54) is 51.6 Å². The molecule has 0 saturated carbocycles. The Morgan fingerprint density at radius 3 is 2.43 bits per heavy atom. The lowest BCUT2D eigenvalue weighted by molar-refractivity contribution is 0.0693. The maximum absolute atomic E-state index is 14.2. The van der Waals surface area contributed by atoms with Crippen molar-refractivity contribution in [3.8, 4) is 17.2 Å². The van der Waals surface area contributed by atoms with E-state index in [1.54, 1.807) is 0 Å². The molecule has 12 heteroatoms. The van der Waals surface area contributed by atoms with Crippen LogP contribution in [0.1, 0.15) is 10.4 Å². The molecule has 156 valence electrons. The van der Waals surface area contributed by atoms with Gasteiger partial charge in [0.1, 0.15) is 22.7 Å². The third-order valence-corrected chi connectivity index (χ3v) is 4.23. The third kappa shape index (κ3) is 3.45. The van der Waals surface area contributed by atoms with Gasteiger partial charge < -0.3 is 14.6 Å². The van der Waals surface area contributed by atoms with Crippen LogP contribution in [-0.4, -0.2) is 58.2 Å². The first-order valence-corrected chi connectivity index (χ1v) is 8.37. The summed E-state index contributed by atoms with van der Waals surface area (Å²) < 4.78 is 25.3. The highest BCUT2D eigenvalue weighted by Gasteiger charge is 2.24. The molecular formula is C18H16FN5O6. The molecule has 30 heavy (non-hydrogen) atoms. The average molecular weight is 417 g/mol. The summed E-state index contributed by atoms with van der Waals surface area (Å²) in [6.45, 7) is 0. The van der Waals surface area contributed by atoms with Gasteiger partial charge >= 0.3 is 17.7 Å². The van der Waals surface area contributed by atoms with Crippen molar-refractivity contribution in [2.24, 2.45) is 0 Å². The topological polar surface area (TPSA) is 129 Å². The van der Waals surface area contributed by atoms with Crippen LogP contribution in [0.3, 0.4) is 0 Å².